The maximum atomic E-state index is 14.2. The molecule has 0 heterocycles. The van der Waals surface area contributed by atoms with Gasteiger partial charge in [0, 0.05) is 25.0 Å². The number of nitrogens with one attached hydrogen (secondary N) is 3. The highest BCUT2D eigenvalue weighted by Gasteiger charge is 2.45. The molecule has 0 radical (unpaired) electrons. The molecule has 5 nitrogen and oxygen atoms in total. The number of benzene rings is 2. The van der Waals surface area contributed by atoms with Crippen LogP contribution in [0.4, 0.5) is 4.39 Å². The molecule has 154 valence electrons. The molecule has 2 aromatic carbocycles. The van der Waals surface area contributed by atoms with E-state index < -0.39 is 0 Å². The minimum absolute atomic E-state index is 0.166. The smallest absolute Gasteiger partial charge is 0.252 e. The molecule has 0 bridgehead atoms. The van der Waals surface area contributed by atoms with Gasteiger partial charge in [-0.05, 0) is 43.5 Å². The van der Waals surface area contributed by atoms with Gasteiger partial charge in [-0.3, -0.25) is 9.79 Å². The van der Waals surface area contributed by atoms with Gasteiger partial charge in [0.2, 0.25) is 0 Å². The average Bonchev–Trinajstić information content (AvgIpc) is 3.50. The fraction of sp³-hybridized carbons (Fsp3) is 0.364. The van der Waals surface area contributed by atoms with E-state index in [1.54, 1.807) is 30.3 Å². The molecule has 7 heteroatoms. The van der Waals surface area contributed by atoms with Crippen LogP contribution in [0.25, 0.3) is 0 Å². The quantitative estimate of drug-likeness (QED) is 0.350. The van der Waals surface area contributed by atoms with Crippen molar-refractivity contribution in [3.05, 3.63) is 70.5 Å². The molecular weight excluding hydrogens is 391 g/mol. The van der Waals surface area contributed by atoms with Gasteiger partial charge in [0.25, 0.3) is 5.91 Å². The number of hydrogen-bond donors (Lipinski definition) is 3. The summed E-state index contributed by atoms with van der Waals surface area (Å²) in [6, 6.07) is 13.9. The van der Waals surface area contributed by atoms with E-state index in [0.717, 1.165) is 18.4 Å². The topological polar surface area (TPSA) is 65.5 Å². The van der Waals surface area contributed by atoms with Gasteiger partial charge in [0.15, 0.2) is 5.96 Å². The SMILES string of the molecule is CCNC(=NCC1(c2ccccc2F)CC1)NCCNC(=O)c1ccccc1Cl. The maximum Gasteiger partial charge on any atom is 0.252 e. The summed E-state index contributed by atoms with van der Waals surface area (Å²) < 4.78 is 14.2. The number of carbonyl (C=O) groups is 1. The summed E-state index contributed by atoms with van der Waals surface area (Å²) in [6.07, 6.45) is 1.87. The molecule has 0 spiro atoms. The maximum absolute atomic E-state index is 14.2. The Morgan fingerprint density at radius 3 is 2.45 bits per heavy atom. The van der Waals surface area contributed by atoms with Crippen molar-refractivity contribution in [2.24, 2.45) is 4.99 Å². The van der Waals surface area contributed by atoms with E-state index in [1.807, 2.05) is 19.1 Å². The van der Waals surface area contributed by atoms with Gasteiger partial charge in [0.05, 0.1) is 17.1 Å². The van der Waals surface area contributed by atoms with Crippen molar-refractivity contribution in [2.45, 2.75) is 25.2 Å². The minimum Gasteiger partial charge on any atom is -0.357 e. The zero-order valence-corrected chi connectivity index (χ0v) is 17.2. The lowest BCUT2D eigenvalue weighted by atomic mass is 9.95. The van der Waals surface area contributed by atoms with Gasteiger partial charge in [-0.15, -0.1) is 0 Å². The predicted molar refractivity (Wildman–Crippen MR) is 115 cm³/mol. The number of rotatable bonds is 8. The van der Waals surface area contributed by atoms with E-state index >= 15 is 0 Å². The van der Waals surface area contributed by atoms with Crippen LogP contribution in [0, 0.1) is 5.82 Å². The van der Waals surface area contributed by atoms with Gasteiger partial charge < -0.3 is 16.0 Å². The molecule has 1 amide bonds. The molecule has 2 aromatic rings. The molecule has 3 rings (SSSR count). The van der Waals surface area contributed by atoms with E-state index in [9.17, 15) is 9.18 Å². The Hall–Kier alpha value is -2.60. The highest BCUT2D eigenvalue weighted by molar-refractivity contribution is 6.33. The van der Waals surface area contributed by atoms with Crippen LogP contribution in [-0.4, -0.2) is 38.0 Å². The molecule has 0 atom stereocenters. The Labute approximate surface area is 175 Å². The van der Waals surface area contributed by atoms with E-state index in [1.165, 1.54) is 6.07 Å². The van der Waals surface area contributed by atoms with Crippen LogP contribution in [0.5, 0.6) is 0 Å². The molecule has 3 N–H and O–H groups in total. The lowest BCUT2D eigenvalue weighted by Crippen LogP contribution is -2.42. The monoisotopic (exact) mass is 416 g/mol. The van der Waals surface area contributed by atoms with Gasteiger partial charge >= 0.3 is 0 Å². The first-order chi connectivity index (χ1) is 14.1. The fourth-order valence-corrected chi connectivity index (χ4v) is 3.45. The summed E-state index contributed by atoms with van der Waals surface area (Å²) in [7, 11) is 0. The van der Waals surface area contributed by atoms with Crippen molar-refractivity contribution in [2.75, 3.05) is 26.2 Å². The number of nitrogens with zero attached hydrogens (tertiary/aromatic N) is 1. The zero-order chi connectivity index (χ0) is 20.7. The van der Waals surface area contributed by atoms with Crippen molar-refractivity contribution < 1.29 is 9.18 Å². The highest BCUT2D eigenvalue weighted by atomic mass is 35.5. The fourth-order valence-electron chi connectivity index (χ4n) is 3.22. The average molecular weight is 417 g/mol. The zero-order valence-electron chi connectivity index (χ0n) is 16.5. The summed E-state index contributed by atoms with van der Waals surface area (Å²) in [5, 5.41) is 9.66. The third-order valence-corrected chi connectivity index (χ3v) is 5.33. The number of amides is 1. The summed E-state index contributed by atoms with van der Waals surface area (Å²) in [5.41, 5.74) is 0.994. The second-order valence-corrected chi connectivity index (χ2v) is 7.53. The number of aliphatic imine (C=N–C) groups is 1. The highest BCUT2D eigenvalue weighted by Crippen LogP contribution is 2.49. The van der Waals surface area contributed by atoms with Crippen LogP contribution >= 0.6 is 11.6 Å². The van der Waals surface area contributed by atoms with Gasteiger partial charge in [-0.25, -0.2) is 4.39 Å². The van der Waals surface area contributed by atoms with Gasteiger partial charge in [0.1, 0.15) is 5.82 Å². The number of carbonyl (C=O) groups excluding carboxylic acids is 1. The molecule has 29 heavy (non-hydrogen) atoms. The molecule has 1 saturated carbocycles. The van der Waals surface area contributed by atoms with Crippen LogP contribution in [0.2, 0.25) is 5.02 Å². The van der Waals surface area contributed by atoms with Crippen molar-refractivity contribution in [3.63, 3.8) is 0 Å². The van der Waals surface area contributed by atoms with E-state index in [4.69, 9.17) is 11.6 Å². The molecule has 0 unspecified atom stereocenters. The second kappa shape index (κ2) is 9.74. The molecule has 0 saturated heterocycles. The van der Waals surface area contributed by atoms with Crippen LogP contribution in [-0.2, 0) is 5.41 Å². The van der Waals surface area contributed by atoms with Crippen LogP contribution < -0.4 is 16.0 Å². The second-order valence-electron chi connectivity index (χ2n) is 7.12. The summed E-state index contributed by atoms with van der Waals surface area (Å²) >= 11 is 6.04. The summed E-state index contributed by atoms with van der Waals surface area (Å²) in [4.78, 5) is 16.8. The molecule has 1 fully saturated rings. The van der Waals surface area contributed by atoms with Crippen LogP contribution in [0.15, 0.2) is 53.5 Å². The van der Waals surface area contributed by atoms with Crippen molar-refractivity contribution >= 4 is 23.5 Å². The van der Waals surface area contributed by atoms with Crippen molar-refractivity contribution in [1.29, 1.82) is 0 Å². The standard InChI is InChI=1S/C22H26ClFN4O/c1-2-25-21(27-14-13-26-20(29)16-7-3-5-9-18(16)23)28-15-22(11-12-22)17-8-4-6-10-19(17)24/h3-10H,2,11-15H2,1H3,(H,26,29)(H2,25,27,28). The molecule has 0 aromatic heterocycles. The first-order valence-corrected chi connectivity index (χ1v) is 10.2. The van der Waals surface area contributed by atoms with Crippen molar-refractivity contribution in [3.8, 4) is 0 Å². The van der Waals surface area contributed by atoms with Crippen LogP contribution in [0.3, 0.4) is 0 Å². The Bertz CT molecular complexity index is 883. The van der Waals surface area contributed by atoms with E-state index in [0.29, 0.717) is 42.7 Å². The first kappa shape index (κ1) is 21.1. The summed E-state index contributed by atoms with van der Waals surface area (Å²) in [6.45, 7) is 4.15. The minimum atomic E-state index is -0.212. The Morgan fingerprint density at radius 1 is 1.07 bits per heavy atom. The normalized spacial score (nSPS) is 14.9. The molecule has 0 aliphatic heterocycles. The first-order valence-electron chi connectivity index (χ1n) is 9.86. The number of guanidine groups is 1. The van der Waals surface area contributed by atoms with E-state index in [-0.39, 0.29) is 17.1 Å². The number of halogens is 2. The lowest BCUT2D eigenvalue weighted by Gasteiger charge is -2.16. The van der Waals surface area contributed by atoms with Gasteiger partial charge in [-0.1, -0.05) is 41.9 Å². The van der Waals surface area contributed by atoms with Crippen molar-refractivity contribution in [1.82, 2.24) is 16.0 Å². The van der Waals surface area contributed by atoms with Crippen LogP contribution in [0.1, 0.15) is 35.7 Å². The Kier molecular flexibility index (Phi) is 7.09. The predicted octanol–water partition coefficient (Wildman–Crippen LogP) is 3.50. The molecule has 1 aliphatic carbocycles. The third kappa shape index (κ3) is 5.48. The molecule has 1 aliphatic rings. The van der Waals surface area contributed by atoms with E-state index in [2.05, 4.69) is 20.9 Å². The molecular formula is C22H26ClFN4O. The lowest BCUT2D eigenvalue weighted by molar-refractivity contribution is 0.0954. The van der Waals surface area contributed by atoms with Gasteiger partial charge in [-0.2, -0.15) is 0 Å². The Balaban J connectivity index is 1.52. The number of hydrogen-bond acceptors (Lipinski definition) is 2. The Morgan fingerprint density at radius 2 is 1.76 bits per heavy atom. The largest absolute Gasteiger partial charge is 0.357 e. The third-order valence-electron chi connectivity index (χ3n) is 5.00. The summed E-state index contributed by atoms with van der Waals surface area (Å²) in [5.74, 6) is 0.276.